The fourth-order valence-electron chi connectivity index (χ4n) is 0.355. The average molecular weight is 172 g/mol. The lowest BCUT2D eigenvalue weighted by Gasteiger charge is -2.12. The molecule has 3 nitrogen and oxygen atoms in total. The van der Waals surface area contributed by atoms with Crippen LogP contribution in [0.4, 0.5) is 13.2 Å². The summed E-state index contributed by atoms with van der Waals surface area (Å²) >= 11 is 0. The quantitative estimate of drug-likeness (QED) is 0.616. The van der Waals surface area contributed by atoms with Gasteiger partial charge in [-0.15, -0.1) is 0 Å². The van der Waals surface area contributed by atoms with Crippen LogP contribution < -0.4 is 0 Å². The lowest BCUT2D eigenvalue weighted by Crippen LogP contribution is -2.37. The Labute approximate surface area is 60.8 Å². The zero-order valence-electron chi connectivity index (χ0n) is 5.68. The van der Waals surface area contributed by atoms with E-state index in [9.17, 15) is 18.0 Å². The molecule has 0 saturated heterocycles. The van der Waals surface area contributed by atoms with Gasteiger partial charge in [-0.05, 0) is 6.92 Å². The van der Waals surface area contributed by atoms with E-state index in [0.29, 0.717) is 0 Å². The number of aliphatic hydroxyl groups is 1. The number of aliphatic hydroxyl groups excluding tert-OH is 1. The molecule has 0 heterocycles. The van der Waals surface area contributed by atoms with E-state index < -0.39 is 18.2 Å². The van der Waals surface area contributed by atoms with Crippen molar-refractivity contribution in [3.63, 3.8) is 0 Å². The van der Waals surface area contributed by atoms with Crippen LogP contribution in [0, 0.1) is 0 Å². The Hall–Kier alpha value is -0.780. The van der Waals surface area contributed by atoms with Crippen LogP contribution in [-0.4, -0.2) is 30.0 Å². The SMILES string of the molecule is CCOC(=O)[C@@H](O)C(F)(F)F. The van der Waals surface area contributed by atoms with E-state index in [4.69, 9.17) is 5.11 Å². The van der Waals surface area contributed by atoms with Crippen LogP contribution in [-0.2, 0) is 9.53 Å². The molecule has 0 amide bonds. The third kappa shape index (κ3) is 3.22. The third-order valence-corrected chi connectivity index (χ3v) is 0.820. The second kappa shape index (κ2) is 3.56. The number of hydrogen-bond acceptors (Lipinski definition) is 3. The number of esters is 1. The minimum Gasteiger partial charge on any atom is -0.464 e. The van der Waals surface area contributed by atoms with E-state index in [1.807, 2.05) is 0 Å². The molecule has 0 aromatic rings. The second-order valence-corrected chi connectivity index (χ2v) is 1.70. The van der Waals surface area contributed by atoms with Gasteiger partial charge in [0.05, 0.1) is 6.61 Å². The van der Waals surface area contributed by atoms with Crippen LogP contribution in [0.2, 0.25) is 0 Å². The van der Waals surface area contributed by atoms with Crippen LogP contribution >= 0.6 is 0 Å². The zero-order valence-corrected chi connectivity index (χ0v) is 5.68. The van der Waals surface area contributed by atoms with E-state index >= 15 is 0 Å². The van der Waals surface area contributed by atoms with Gasteiger partial charge >= 0.3 is 12.1 Å². The molecule has 0 aliphatic heterocycles. The smallest absolute Gasteiger partial charge is 0.425 e. The molecular weight excluding hydrogens is 165 g/mol. The van der Waals surface area contributed by atoms with Gasteiger partial charge in [-0.3, -0.25) is 0 Å². The minimum atomic E-state index is -4.94. The van der Waals surface area contributed by atoms with Crippen molar-refractivity contribution in [1.82, 2.24) is 0 Å². The van der Waals surface area contributed by atoms with Crippen molar-refractivity contribution >= 4 is 5.97 Å². The van der Waals surface area contributed by atoms with Crippen LogP contribution in [0.3, 0.4) is 0 Å². The van der Waals surface area contributed by atoms with Crippen molar-refractivity contribution in [1.29, 1.82) is 0 Å². The molecule has 0 aromatic heterocycles. The first kappa shape index (κ1) is 10.2. The van der Waals surface area contributed by atoms with Gasteiger partial charge in [-0.2, -0.15) is 13.2 Å². The van der Waals surface area contributed by atoms with Crippen LogP contribution in [0.5, 0.6) is 0 Å². The van der Waals surface area contributed by atoms with E-state index in [1.165, 1.54) is 6.92 Å². The summed E-state index contributed by atoms with van der Waals surface area (Å²) in [5.74, 6) is -1.67. The number of rotatable bonds is 2. The average Bonchev–Trinajstić information content (AvgIpc) is 1.85. The van der Waals surface area contributed by atoms with Gasteiger partial charge in [0.25, 0.3) is 0 Å². The highest BCUT2D eigenvalue weighted by atomic mass is 19.4. The first-order valence-electron chi connectivity index (χ1n) is 2.81. The molecule has 0 aromatic carbocycles. The lowest BCUT2D eigenvalue weighted by molar-refractivity contribution is -0.217. The standard InChI is InChI=1S/C5H7F3O3/c1-2-11-4(10)3(9)5(6,7)8/h3,9H,2H2,1H3/t3-/m1/s1. The topological polar surface area (TPSA) is 46.5 Å². The monoisotopic (exact) mass is 172 g/mol. The normalized spacial score (nSPS) is 14.3. The lowest BCUT2D eigenvalue weighted by atomic mass is 10.3. The molecule has 6 heteroatoms. The van der Waals surface area contributed by atoms with Crippen LogP contribution in [0.25, 0.3) is 0 Å². The maximum Gasteiger partial charge on any atom is 0.425 e. The molecule has 0 spiro atoms. The maximum absolute atomic E-state index is 11.5. The van der Waals surface area contributed by atoms with Crippen molar-refractivity contribution in [3.05, 3.63) is 0 Å². The summed E-state index contributed by atoms with van der Waals surface area (Å²) in [5.41, 5.74) is 0. The molecule has 0 fully saturated rings. The fraction of sp³-hybridized carbons (Fsp3) is 0.800. The van der Waals surface area contributed by atoms with E-state index in [-0.39, 0.29) is 6.61 Å². The molecule has 0 radical (unpaired) electrons. The minimum absolute atomic E-state index is 0.189. The molecule has 11 heavy (non-hydrogen) atoms. The molecule has 0 rings (SSSR count). The van der Waals surface area contributed by atoms with Gasteiger partial charge in [0.15, 0.2) is 0 Å². The summed E-state index contributed by atoms with van der Waals surface area (Å²) in [4.78, 5) is 10.2. The summed E-state index contributed by atoms with van der Waals surface area (Å²) in [6.07, 6.45) is -7.96. The van der Waals surface area contributed by atoms with Crippen molar-refractivity contribution in [2.75, 3.05) is 6.61 Å². The number of halogens is 3. The van der Waals surface area contributed by atoms with Crippen LogP contribution in [0.15, 0.2) is 0 Å². The molecule has 66 valence electrons. The number of hydrogen-bond donors (Lipinski definition) is 1. The molecular formula is C5H7F3O3. The first-order valence-corrected chi connectivity index (χ1v) is 2.81. The Morgan fingerprint density at radius 3 is 2.36 bits per heavy atom. The highest BCUT2D eigenvalue weighted by molar-refractivity contribution is 5.75. The number of ether oxygens (including phenoxy) is 1. The number of carbonyl (C=O) groups excluding carboxylic acids is 1. The van der Waals surface area contributed by atoms with Gasteiger partial charge in [0.2, 0.25) is 6.10 Å². The van der Waals surface area contributed by atoms with Gasteiger partial charge in [-0.25, -0.2) is 4.79 Å². The Kier molecular flexibility index (Phi) is 3.31. The summed E-state index contributed by atoms with van der Waals surface area (Å²) in [6.45, 7) is 1.16. The van der Waals surface area contributed by atoms with Crippen molar-refractivity contribution < 1.29 is 27.8 Å². The summed E-state index contributed by atoms with van der Waals surface area (Å²) < 4.78 is 38.3. The molecule has 0 bridgehead atoms. The predicted octanol–water partition coefficient (Wildman–Crippen LogP) is 0.473. The molecule has 0 unspecified atom stereocenters. The Bertz CT molecular complexity index is 142. The van der Waals surface area contributed by atoms with E-state index in [1.54, 1.807) is 0 Å². The van der Waals surface area contributed by atoms with E-state index in [2.05, 4.69) is 4.74 Å². The maximum atomic E-state index is 11.5. The molecule has 0 aliphatic rings. The van der Waals surface area contributed by atoms with Crippen molar-refractivity contribution in [2.45, 2.75) is 19.2 Å². The zero-order chi connectivity index (χ0) is 9.07. The fourth-order valence-corrected chi connectivity index (χ4v) is 0.355. The predicted molar refractivity (Wildman–Crippen MR) is 28.7 cm³/mol. The van der Waals surface area contributed by atoms with Gasteiger partial charge in [0.1, 0.15) is 0 Å². The van der Waals surface area contributed by atoms with Crippen LogP contribution in [0.1, 0.15) is 6.92 Å². The Balaban J connectivity index is 4.03. The number of alkyl halides is 3. The van der Waals surface area contributed by atoms with Crippen molar-refractivity contribution in [2.24, 2.45) is 0 Å². The summed E-state index contributed by atoms with van der Waals surface area (Å²) in [7, 11) is 0. The summed E-state index contributed by atoms with van der Waals surface area (Å²) in [5, 5.41) is 8.19. The molecule has 1 atom stereocenters. The Morgan fingerprint density at radius 1 is 1.64 bits per heavy atom. The van der Waals surface area contributed by atoms with Gasteiger partial charge in [-0.1, -0.05) is 0 Å². The first-order chi connectivity index (χ1) is 4.89. The second-order valence-electron chi connectivity index (χ2n) is 1.70. The van der Waals surface area contributed by atoms with Gasteiger partial charge < -0.3 is 9.84 Å². The summed E-state index contributed by atoms with van der Waals surface area (Å²) in [6, 6.07) is 0. The Morgan fingerprint density at radius 2 is 2.09 bits per heavy atom. The van der Waals surface area contributed by atoms with E-state index in [0.717, 1.165) is 0 Å². The van der Waals surface area contributed by atoms with Gasteiger partial charge in [0, 0.05) is 0 Å². The third-order valence-electron chi connectivity index (χ3n) is 0.820. The highest BCUT2D eigenvalue weighted by Crippen LogP contribution is 2.20. The largest absolute Gasteiger partial charge is 0.464 e. The molecule has 0 saturated carbocycles. The molecule has 1 N–H and O–H groups in total. The van der Waals surface area contributed by atoms with Crippen molar-refractivity contribution in [3.8, 4) is 0 Å². The molecule has 0 aliphatic carbocycles. The number of carbonyl (C=O) groups is 1. The highest BCUT2D eigenvalue weighted by Gasteiger charge is 2.44.